The number of methoxy groups -OCH3 is 1. The predicted octanol–water partition coefficient (Wildman–Crippen LogP) is 3.53. The van der Waals surface area contributed by atoms with Crippen molar-refractivity contribution in [1.82, 2.24) is 0 Å². The third-order valence-corrected chi connectivity index (χ3v) is 3.46. The fourth-order valence-electron chi connectivity index (χ4n) is 1.33. The number of aromatic carboxylic acids is 1. The monoisotopic (exact) mass is 254 g/mol. The van der Waals surface area contributed by atoms with Gasteiger partial charge < -0.3 is 9.84 Å². The Kier molecular flexibility index (Phi) is 5.35. The minimum absolute atomic E-state index is 0.347. The summed E-state index contributed by atoms with van der Waals surface area (Å²) in [6, 6.07) is 5.06. The second kappa shape index (κ2) is 6.55. The lowest BCUT2D eigenvalue weighted by atomic mass is 10.2. The maximum Gasteiger partial charge on any atom is 0.336 e. The molecule has 0 bridgehead atoms. The Morgan fingerprint density at radius 1 is 1.47 bits per heavy atom. The van der Waals surface area contributed by atoms with Gasteiger partial charge in [0.2, 0.25) is 0 Å². The molecule has 0 saturated heterocycles. The highest BCUT2D eigenvalue weighted by molar-refractivity contribution is 7.99. The van der Waals surface area contributed by atoms with Crippen molar-refractivity contribution in [2.45, 2.75) is 25.2 Å². The fraction of sp³-hybridized carbons (Fsp3) is 0.462. The molecule has 0 fully saturated rings. The van der Waals surface area contributed by atoms with Crippen molar-refractivity contribution >= 4 is 17.7 Å². The van der Waals surface area contributed by atoms with E-state index in [0.29, 0.717) is 17.2 Å². The van der Waals surface area contributed by atoms with E-state index in [4.69, 9.17) is 9.84 Å². The zero-order valence-electron chi connectivity index (χ0n) is 10.4. The van der Waals surface area contributed by atoms with Crippen molar-refractivity contribution in [1.29, 1.82) is 0 Å². The van der Waals surface area contributed by atoms with E-state index in [0.717, 1.165) is 17.1 Å². The molecular weight excluding hydrogens is 236 g/mol. The Morgan fingerprint density at radius 3 is 2.71 bits per heavy atom. The van der Waals surface area contributed by atoms with Crippen LogP contribution in [0.2, 0.25) is 0 Å². The Bertz CT molecular complexity index is 388. The van der Waals surface area contributed by atoms with Gasteiger partial charge in [-0.25, -0.2) is 4.79 Å². The molecule has 1 rings (SSSR count). The number of thioether (sulfide) groups is 1. The summed E-state index contributed by atoms with van der Waals surface area (Å²) in [7, 11) is 1.58. The second-order valence-electron chi connectivity index (χ2n) is 4.20. The van der Waals surface area contributed by atoms with E-state index in [1.807, 2.05) is 0 Å². The molecule has 0 amide bonds. The molecule has 0 aliphatic carbocycles. The van der Waals surface area contributed by atoms with Crippen LogP contribution in [0.15, 0.2) is 23.1 Å². The summed E-state index contributed by atoms with van der Waals surface area (Å²) < 4.78 is 5.11. The molecule has 4 heteroatoms. The molecule has 0 aliphatic rings. The molecule has 1 aromatic rings. The predicted molar refractivity (Wildman–Crippen MR) is 70.1 cm³/mol. The number of rotatable bonds is 6. The number of carbonyl (C=O) groups is 1. The van der Waals surface area contributed by atoms with Crippen LogP contribution in [-0.4, -0.2) is 23.9 Å². The zero-order chi connectivity index (χ0) is 12.8. The topological polar surface area (TPSA) is 46.5 Å². The van der Waals surface area contributed by atoms with E-state index in [1.54, 1.807) is 37.1 Å². The summed E-state index contributed by atoms with van der Waals surface area (Å²) in [6.45, 7) is 4.31. The van der Waals surface area contributed by atoms with Crippen LogP contribution in [0.4, 0.5) is 0 Å². The average molecular weight is 254 g/mol. The molecule has 0 atom stereocenters. The van der Waals surface area contributed by atoms with E-state index in [2.05, 4.69) is 13.8 Å². The van der Waals surface area contributed by atoms with Crippen LogP contribution in [0, 0.1) is 5.92 Å². The molecule has 0 heterocycles. The van der Waals surface area contributed by atoms with E-state index >= 15 is 0 Å². The average Bonchev–Trinajstić information content (AvgIpc) is 2.28. The first-order chi connectivity index (χ1) is 8.04. The summed E-state index contributed by atoms with van der Waals surface area (Å²) in [5, 5.41) is 9.08. The molecule has 1 N–H and O–H groups in total. The quantitative estimate of drug-likeness (QED) is 0.789. The number of carboxylic acids is 1. The maximum absolute atomic E-state index is 11.1. The van der Waals surface area contributed by atoms with Gasteiger partial charge in [0.25, 0.3) is 0 Å². The highest BCUT2D eigenvalue weighted by Gasteiger charge is 2.11. The minimum Gasteiger partial charge on any atom is -0.497 e. The lowest BCUT2D eigenvalue weighted by Crippen LogP contribution is -2.00. The molecule has 0 saturated carbocycles. The van der Waals surface area contributed by atoms with Gasteiger partial charge in [-0.1, -0.05) is 13.8 Å². The standard InChI is InChI=1S/C13H18O3S/c1-9(2)6-7-17-12-8-10(16-3)4-5-11(12)13(14)15/h4-5,8-9H,6-7H2,1-3H3,(H,14,15). The van der Waals surface area contributed by atoms with Crippen LogP contribution >= 0.6 is 11.8 Å². The highest BCUT2D eigenvalue weighted by atomic mass is 32.2. The number of ether oxygens (including phenoxy) is 1. The molecular formula is C13H18O3S. The molecule has 0 radical (unpaired) electrons. The molecule has 0 unspecified atom stereocenters. The largest absolute Gasteiger partial charge is 0.497 e. The normalized spacial score (nSPS) is 10.6. The van der Waals surface area contributed by atoms with E-state index in [-0.39, 0.29) is 0 Å². The van der Waals surface area contributed by atoms with Crippen molar-refractivity contribution in [2.24, 2.45) is 5.92 Å². The van der Waals surface area contributed by atoms with E-state index < -0.39 is 5.97 Å². The first-order valence-corrected chi connectivity index (χ1v) is 6.57. The first kappa shape index (κ1) is 13.9. The molecule has 1 aromatic carbocycles. The molecule has 0 spiro atoms. The molecule has 17 heavy (non-hydrogen) atoms. The summed E-state index contributed by atoms with van der Waals surface area (Å²) in [4.78, 5) is 11.8. The first-order valence-electron chi connectivity index (χ1n) is 5.58. The number of benzene rings is 1. The van der Waals surface area contributed by atoms with Crippen LogP contribution < -0.4 is 4.74 Å². The van der Waals surface area contributed by atoms with E-state index in [9.17, 15) is 4.79 Å². The lowest BCUT2D eigenvalue weighted by molar-refractivity contribution is 0.0693. The number of carboxylic acid groups (broad SMARTS) is 1. The molecule has 3 nitrogen and oxygen atoms in total. The summed E-state index contributed by atoms with van der Waals surface area (Å²) in [5.74, 6) is 1.36. The summed E-state index contributed by atoms with van der Waals surface area (Å²) in [5.41, 5.74) is 0.347. The Morgan fingerprint density at radius 2 is 2.18 bits per heavy atom. The number of hydrogen-bond acceptors (Lipinski definition) is 3. The van der Waals surface area contributed by atoms with Gasteiger partial charge in [0.1, 0.15) is 5.75 Å². The van der Waals surface area contributed by atoms with Gasteiger partial charge in [0, 0.05) is 4.90 Å². The number of hydrogen-bond donors (Lipinski definition) is 1. The van der Waals surface area contributed by atoms with Gasteiger partial charge in [0.15, 0.2) is 0 Å². The van der Waals surface area contributed by atoms with Gasteiger partial charge in [-0.15, -0.1) is 11.8 Å². The Hall–Kier alpha value is -1.16. The highest BCUT2D eigenvalue weighted by Crippen LogP contribution is 2.28. The third-order valence-electron chi connectivity index (χ3n) is 2.37. The van der Waals surface area contributed by atoms with Gasteiger partial charge in [-0.05, 0) is 36.3 Å². The van der Waals surface area contributed by atoms with Crippen molar-refractivity contribution in [3.8, 4) is 5.75 Å². The lowest BCUT2D eigenvalue weighted by Gasteiger charge is -2.09. The van der Waals surface area contributed by atoms with Gasteiger partial charge >= 0.3 is 5.97 Å². The molecule has 0 aromatic heterocycles. The van der Waals surface area contributed by atoms with Crippen molar-refractivity contribution in [3.63, 3.8) is 0 Å². The van der Waals surface area contributed by atoms with Gasteiger partial charge in [-0.2, -0.15) is 0 Å². The van der Waals surface area contributed by atoms with Crippen LogP contribution in [0.1, 0.15) is 30.6 Å². The Balaban J connectivity index is 2.82. The summed E-state index contributed by atoms with van der Waals surface area (Å²) >= 11 is 1.57. The Labute approximate surface area is 106 Å². The van der Waals surface area contributed by atoms with Gasteiger partial charge in [0.05, 0.1) is 12.7 Å². The molecule has 94 valence electrons. The van der Waals surface area contributed by atoms with Crippen LogP contribution in [-0.2, 0) is 0 Å². The SMILES string of the molecule is COc1ccc(C(=O)O)c(SCCC(C)C)c1. The zero-order valence-corrected chi connectivity index (χ0v) is 11.2. The summed E-state index contributed by atoms with van der Waals surface area (Å²) in [6.07, 6.45) is 1.07. The third kappa shape index (κ3) is 4.30. The van der Waals surface area contributed by atoms with Crippen LogP contribution in [0.5, 0.6) is 5.75 Å². The van der Waals surface area contributed by atoms with Crippen molar-refractivity contribution in [3.05, 3.63) is 23.8 Å². The van der Waals surface area contributed by atoms with Crippen molar-refractivity contribution < 1.29 is 14.6 Å². The van der Waals surface area contributed by atoms with Crippen LogP contribution in [0.3, 0.4) is 0 Å². The fourth-order valence-corrected chi connectivity index (χ4v) is 2.65. The van der Waals surface area contributed by atoms with Crippen molar-refractivity contribution in [2.75, 3.05) is 12.9 Å². The maximum atomic E-state index is 11.1. The second-order valence-corrected chi connectivity index (χ2v) is 5.33. The minimum atomic E-state index is -0.889. The van der Waals surface area contributed by atoms with Crippen LogP contribution in [0.25, 0.3) is 0 Å². The smallest absolute Gasteiger partial charge is 0.336 e. The molecule has 0 aliphatic heterocycles. The van der Waals surface area contributed by atoms with Gasteiger partial charge in [-0.3, -0.25) is 0 Å². The van der Waals surface area contributed by atoms with E-state index in [1.165, 1.54) is 0 Å².